The first kappa shape index (κ1) is 11.8. The van der Waals surface area contributed by atoms with Gasteiger partial charge in [0.25, 0.3) is 0 Å². The van der Waals surface area contributed by atoms with Crippen LogP contribution in [0, 0.1) is 5.92 Å². The first-order valence-corrected chi connectivity index (χ1v) is 5.72. The van der Waals surface area contributed by atoms with Crippen LogP contribution < -0.4 is 0 Å². The van der Waals surface area contributed by atoms with Crippen molar-refractivity contribution in [3.05, 3.63) is 0 Å². The lowest BCUT2D eigenvalue weighted by Gasteiger charge is -2.15. The van der Waals surface area contributed by atoms with Gasteiger partial charge in [0.05, 0.1) is 0 Å². The molecule has 0 aromatic carbocycles. The molecule has 3 nitrogen and oxygen atoms in total. The molecular weight excluding hydrogens is 202 g/mol. The molecule has 1 saturated heterocycles. The van der Waals surface area contributed by atoms with Gasteiger partial charge in [0.15, 0.2) is 0 Å². The Morgan fingerprint density at radius 1 is 1.64 bits per heavy atom. The van der Waals surface area contributed by atoms with Crippen molar-refractivity contribution in [2.24, 2.45) is 5.92 Å². The second-order valence-corrected chi connectivity index (χ2v) is 3.92. The van der Waals surface area contributed by atoms with E-state index in [0.717, 1.165) is 32.7 Å². The first-order valence-electron chi connectivity index (χ1n) is 5.19. The van der Waals surface area contributed by atoms with E-state index >= 15 is 0 Å². The molecule has 0 spiro atoms. The molecule has 4 heteroatoms. The quantitative estimate of drug-likeness (QED) is 0.501. The van der Waals surface area contributed by atoms with Crippen LogP contribution in [0.15, 0.2) is 0 Å². The largest absolute Gasteiger partial charge is 0.382 e. The Morgan fingerprint density at radius 3 is 3.00 bits per heavy atom. The molecule has 0 aromatic heterocycles. The zero-order valence-electron chi connectivity index (χ0n) is 8.67. The van der Waals surface area contributed by atoms with Crippen LogP contribution in [0.25, 0.3) is 0 Å². The van der Waals surface area contributed by atoms with Gasteiger partial charge in [0.1, 0.15) is 0 Å². The summed E-state index contributed by atoms with van der Waals surface area (Å²) >= 11 is 5.72. The summed E-state index contributed by atoms with van der Waals surface area (Å²) in [5.74, 6) is 1.19. The number of amides is 1. The molecule has 14 heavy (non-hydrogen) atoms. The Labute approximate surface area is 90.4 Å². The lowest BCUT2D eigenvalue weighted by atomic mass is 10.1. The Hall–Kier alpha value is -0.280. The molecule has 1 heterocycles. The lowest BCUT2D eigenvalue weighted by Crippen LogP contribution is -2.27. The molecule has 1 unspecified atom stereocenters. The van der Waals surface area contributed by atoms with E-state index in [4.69, 9.17) is 16.3 Å². The normalized spacial score (nSPS) is 22.0. The minimum absolute atomic E-state index is 0.243. The van der Waals surface area contributed by atoms with Gasteiger partial charge in [-0.1, -0.05) is 0 Å². The van der Waals surface area contributed by atoms with Gasteiger partial charge in [0.2, 0.25) is 5.91 Å². The molecule has 0 N–H and O–H groups in total. The maximum absolute atomic E-state index is 11.4. The molecule has 1 amide bonds. The third kappa shape index (κ3) is 3.46. The molecular formula is C10H18ClNO2. The number of carbonyl (C=O) groups is 1. The Kier molecular flexibility index (Phi) is 5.26. The Morgan fingerprint density at radius 2 is 2.43 bits per heavy atom. The van der Waals surface area contributed by atoms with Crippen LogP contribution in [-0.4, -0.2) is 43.0 Å². The van der Waals surface area contributed by atoms with Crippen LogP contribution in [0.5, 0.6) is 0 Å². The monoisotopic (exact) mass is 219 g/mol. The summed E-state index contributed by atoms with van der Waals surface area (Å²) in [6.07, 6.45) is 1.55. The van der Waals surface area contributed by atoms with Crippen LogP contribution in [-0.2, 0) is 9.53 Å². The minimum atomic E-state index is 0.243. The number of hydrogen-bond donors (Lipinski definition) is 0. The average Bonchev–Trinajstić information content (AvgIpc) is 2.54. The van der Waals surface area contributed by atoms with Gasteiger partial charge in [-0.3, -0.25) is 4.79 Å². The predicted octanol–water partition coefficient (Wildman–Crippen LogP) is 1.50. The molecule has 0 aliphatic carbocycles. The van der Waals surface area contributed by atoms with E-state index in [9.17, 15) is 4.79 Å². The van der Waals surface area contributed by atoms with Gasteiger partial charge in [-0.2, -0.15) is 0 Å². The van der Waals surface area contributed by atoms with Crippen molar-refractivity contribution in [3.8, 4) is 0 Å². The summed E-state index contributed by atoms with van der Waals surface area (Å²) in [4.78, 5) is 13.3. The van der Waals surface area contributed by atoms with Crippen LogP contribution in [0.3, 0.4) is 0 Å². The van der Waals surface area contributed by atoms with E-state index in [2.05, 4.69) is 0 Å². The summed E-state index contributed by atoms with van der Waals surface area (Å²) in [5.41, 5.74) is 0. The van der Waals surface area contributed by atoms with Crippen LogP contribution in [0.2, 0.25) is 0 Å². The first-order chi connectivity index (χ1) is 6.77. The van der Waals surface area contributed by atoms with Crippen LogP contribution in [0.1, 0.15) is 19.8 Å². The van der Waals surface area contributed by atoms with Gasteiger partial charge < -0.3 is 9.64 Å². The Bertz CT molecular complexity index is 187. The molecule has 82 valence electrons. The SMILES string of the molecule is CCOCCCN1CC(CCl)CC1=O. The van der Waals surface area contributed by atoms with Gasteiger partial charge in [0, 0.05) is 38.6 Å². The van der Waals surface area contributed by atoms with Gasteiger partial charge in [-0.05, 0) is 19.3 Å². The second kappa shape index (κ2) is 6.25. The molecule has 0 saturated carbocycles. The lowest BCUT2D eigenvalue weighted by molar-refractivity contribution is -0.127. The highest BCUT2D eigenvalue weighted by atomic mass is 35.5. The van der Waals surface area contributed by atoms with Gasteiger partial charge in [-0.15, -0.1) is 11.6 Å². The third-order valence-electron chi connectivity index (χ3n) is 2.43. The van der Waals surface area contributed by atoms with E-state index in [0.29, 0.717) is 18.2 Å². The van der Waals surface area contributed by atoms with Crippen molar-refractivity contribution in [2.45, 2.75) is 19.8 Å². The minimum Gasteiger partial charge on any atom is -0.382 e. The zero-order valence-corrected chi connectivity index (χ0v) is 9.42. The molecule has 1 rings (SSSR count). The molecule has 1 atom stereocenters. The summed E-state index contributed by atoms with van der Waals surface area (Å²) in [5, 5.41) is 0. The summed E-state index contributed by atoms with van der Waals surface area (Å²) < 4.78 is 5.22. The number of nitrogens with zero attached hydrogens (tertiary/aromatic N) is 1. The summed E-state index contributed by atoms with van der Waals surface area (Å²) in [7, 11) is 0. The molecule has 0 radical (unpaired) electrons. The maximum atomic E-state index is 11.4. The molecule has 0 bridgehead atoms. The smallest absolute Gasteiger partial charge is 0.222 e. The van der Waals surface area contributed by atoms with Gasteiger partial charge in [-0.25, -0.2) is 0 Å². The fourth-order valence-corrected chi connectivity index (χ4v) is 1.88. The zero-order chi connectivity index (χ0) is 10.4. The fourth-order valence-electron chi connectivity index (χ4n) is 1.68. The van der Waals surface area contributed by atoms with Crippen molar-refractivity contribution in [2.75, 3.05) is 32.2 Å². The van der Waals surface area contributed by atoms with Crippen molar-refractivity contribution in [1.29, 1.82) is 0 Å². The number of hydrogen-bond acceptors (Lipinski definition) is 2. The van der Waals surface area contributed by atoms with E-state index in [1.807, 2.05) is 11.8 Å². The van der Waals surface area contributed by atoms with Crippen LogP contribution >= 0.6 is 11.6 Å². The highest BCUT2D eigenvalue weighted by molar-refractivity contribution is 6.18. The molecule has 1 fully saturated rings. The van der Waals surface area contributed by atoms with Crippen molar-refractivity contribution in [1.82, 2.24) is 4.90 Å². The number of rotatable bonds is 6. The highest BCUT2D eigenvalue weighted by Crippen LogP contribution is 2.18. The van der Waals surface area contributed by atoms with E-state index < -0.39 is 0 Å². The average molecular weight is 220 g/mol. The third-order valence-corrected chi connectivity index (χ3v) is 2.87. The van der Waals surface area contributed by atoms with Crippen molar-refractivity contribution >= 4 is 17.5 Å². The van der Waals surface area contributed by atoms with E-state index in [1.165, 1.54) is 0 Å². The van der Waals surface area contributed by atoms with E-state index in [1.54, 1.807) is 0 Å². The maximum Gasteiger partial charge on any atom is 0.222 e. The number of carbonyl (C=O) groups excluding carboxylic acids is 1. The fraction of sp³-hybridized carbons (Fsp3) is 0.900. The van der Waals surface area contributed by atoms with E-state index in [-0.39, 0.29) is 5.91 Å². The predicted molar refractivity (Wildman–Crippen MR) is 56.5 cm³/mol. The number of halogens is 1. The van der Waals surface area contributed by atoms with Crippen molar-refractivity contribution in [3.63, 3.8) is 0 Å². The van der Waals surface area contributed by atoms with Gasteiger partial charge >= 0.3 is 0 Å². The number of likely N-dealkylation sites (tertiary alicyclic amines) is 1. The summed E-state index contributed by atoms with van der Waals surface area (Å²) in [6.45, 7) is 5.11. The standard InChI is InChI=1S/C10H18ClNO2/c1-2-14-5-3-4-12-8-9(7-11)6-10(12)13/h9H,2-8H2,1H3. The number of ether oxygens (including phenoxy) is 1. The van der Waals surface area contributed by atoms with Crippen molar-refractivity contribution < 1.29 is 9.53 Å². The number of alkyl halides is 1. The molecule has 1 aliphatic heterocycles. The summed E-state index contributed by atoms with van der Waals surface area (Å²) in [6, 6.07) is 0. The second-order valence-electron chi connectivity index (χ2n) is 3.61. The molecule has 1 aliphatic rings. The molecule has 0 aromatic rings. The topological polar surface area (TPSA) is 29.5 Å². The van der Waals surface area contributed by atoms with Crippen LogP contribution in [0.4, 0.5) is 0 Å². The Balaban J connectivity index is 2.15. The highest BCUT2D eigenvalue weighted by Gasteiger charge is 2.27.